The van der Waals surface area contributed by atoms with Crippen molar-refractivity contribution in [1.82, 2.24) is 9.21 Å². The molecule has 0 atom stereocenters. The van der Waals surface area contributed by atoms with E-state index < -0.39 is 15.7 Å². The lowest BCUT2D eigenvalue weighted by Gasteiger charge is -2.43. The fraction of sp³-hybridized carbons (Fsp3) is 0.480. The lowest BCUT2D eigenvalue weighted by Crippen LogP contribution is -2.55. The maximum Gasteiger partial charge on any atom is 0.253 e. The van der Waals surface area contributed by atoms with E-state index in [9.17, 15) is 13.2 Å². The smallest absolute Gasteiger partial charge is 0.253 e. The molecule has 2 fully saturated rings. The molecule has 2 aliphatic heterocycles. The second kappa shape index (κ2) is 9.08. The number of piperidine rings is 1. The molecule has 33 heavy (non-hydrogen) atoms. The molecule has 2 aromatic rings. The first-order valence-corrected chi connectivity index (χ1v) is 12.9. The van der Waals surface area contributed by atoms with Crippen molar-refractivity contribution in [2.45, 2.75) is 51.2 Å². The van der Waals surface area contributed by atoms with Crippen molar-refractivity contribution in [1.29, 1.82) is 0 Å². The van der Waals surface area contributed by atoms with Crippen LogP contribution in [0.3, 0.4) is 0 Å². The van der Waals surface area contributed by atoms with E-state index in [-0.39, 0.29) is 5.91 Å². The minimum atomic E-state index is -3.73. The number of amides is 1. The largest absolute Gasteiger partial charge is 0.494 e. The van der Waals surface area contributed by atoms with Gasteiger partial charge < -0.3 is 14.4 Å². The lowest BCUT2D eigenvalue weighted by molar-refractivity contribution is -0.0857. The van der Waals surface area contributed by atoms with E-state index in [2.05, 4.69) is 0 Å². The zero-order chi connectivity index (χ0) is 23.8. The number of nitrogens with zero attached hydrogens (tertiary/aromatic N) is 2. The molecule has 4 rings (SSSR count). The molecule has 0 aliphatic carbocycles. The molecule has 2 aliphatic rings. The van der Waals surface area contributed by atoms with Crippen LogP contribution in [0.5, 0.6) is 5.75 Å². The quantitative estimate of drug-likeness (QED) is 0.664. The van der Waals surface area contributed by atoms with E-state index in [1.807, 2.05) is 39.8 Å². The van der Waals surface area contributed by atoms with E-state index >= 15 is 0 Å². The molecule has 0 bridgehead atoms. The molecular weight excluding hydrogens is 440 g/mol. The summed E-state index contributed by atoms with van der Waals surface area (Å²) in [5, 5.41) is 0. The molecule has 0 N–H and O–H groups in total. The number of hydrogen-bond acceptors (Lipinski definition) is 5. The highest BCUT2D eigenvalue weighted by atomic mass is 32.2. The van der Waals surface area contributed by atoms with Crippen LogP contribution in [-0.4, -0.2) is 62.1 Å². The predicted octanol–water partition coefficient (Wildman–Crippen LogP) is 3.66. The minimum absolute atomic E-state index is 0.0643. The average molecular weight is 473 g/mol. The SMILES string of the molecule is CCOc1ccc(C(=O)N2CCC3(CC2)OCCN3S(=O)(=O)c2c(C)cc(C)cc2C)cc1. The molecular formula is C25H32N2O5S. The second-order valence-electron chi connectivity index (χ2n) is 8.85. The Morgan fingerprint density at radius 1 is 1.03 bits per heavy atom. The topological polar surface area (TPSA) is 76.2 Å². The third-order valence-corrected chi connectivity index (χ3v) is 8.77. The zero-order valence-corrected chi connectivity index (χ0v) is 20.6. The van der Waals surface area contributed by atoms with E-state index in [1.165, 1.54) is 4.31 Å². The van der Waals surface area contributed by atoms with Crippen LogP contribution < -0.4 is 4.74 Å². The Morgan fingerprint density at radius 3 is 2.21 bits per heavy atom. The van der Waals surface area contributed by atoms with Crippen molar-refractivity contribution >= 4 is 15.9 Å². The first-order valence-electron chi connectivity index (χ1n) is 11.4. The van der Waals surface area contributed by atoms with Crippen LogP contribution in [0.1, 0.15) is 46.8 Å². The normalized spacial score (nSPS) is 18.6. The van der Waals surface area contributed by atoms with Crippen molar-refractivity contribution in [2.24, 2.45) is 0 Å². The van der Waals surface area contributed by atoms with E-state index in [1.54, 1.807) is 29.2 Å². The summed E-state index contributed by atoms with van der Waals surface area (Å²) in [5.41, 5.74) is 2.22. The summed E-state index contributed by atoms with van der Waals surface area (Å²) in [6.07, 6.45) is 0.887. The van der Waals surface area contributed by atoms with Crippen LogP contribution in [0.25, 0.3) is 0 Å². The molecule has 2 heterocycles. The fourth-order valence-corrected chi connectivity index (χ4v) is 7.25. The molecule has 8 heteroatoms. The number of likely N-dealkylation sites (tertiary alicyclic amines) is 1. The van der Waals surface area contributed by atoms with Crippen LogP contribution in [0.2, 0.25) is 0 Å². The van der Waals surface area contributed by atoms with Crippen molar-refractivity contribution in [3.05, 3.63) is 58.7 Å². The van der Waals surface area contributed by atoms with Gasteiger partial charge in [0.25, 0.3) is 5.91 Å². The number of aryl methyl sites for hydroxylation is 3. The van der Waals surface area contributed by atoms with Crippen LogP contribution in [0.15, 0.2) is 41.3 Å². The van der Waals surface area contributed by atoms with Crippen LogP contribution >= 0.6 is 0 Å². The van der Waals surface area contributed by atoms with Crippen molar-refractivity contribution in [3.63, 3.8) is 0 Å². The first kappa shape index (κ1) is 23.7. The summed E-state index contributed by atoms with van der Waals surface area (Å²) in [7, 11) is -3.73. The van der Waals surface area contributed by atoms with Crippen LogP contribution in [0, 0.1) is 20.8 Å². The Balaban J connectivity index is 1.52. The first-order chi connectivity index (χ1) is 15.7. The average Bonchev–Trinajstić information content (AvgIpc) is 3.17. The van der Waals surface area contributed by atoms with Gasteiger partial charge in [0.2, 0.25) is 10.0 Å². The lowest BCUT2D eigenvalue weighted by atomic mass is 10.00. The number of carbonyl (C=O) groups is 1. The Bertz CT molecular complexity index is 1110. The molecule has 7 nitrogen and oxygen atoms in total. The van der Waals surface area contributed by atoms with Crippen molar-refractivity contribution in [2.75, 3.05) is 32.8 Å². The second-order valence-corrected chi connectivity index (χ2v) is 10.6. The molecule has 0 aromatic heterocycles. The van der Waals surface area contributed by atoms with Gasteiger partial charge in [0.05, 0.1) is 18.1 Å². The molecule has 0 saturated carbocycles. The number of hydrogen-bond donors (Lipinski definition) is 0. The van der Waals surface area contributed by atoms with Crippen molar-refractivity contribution in [3.8, 4) is 5.75 Å². The minimum Gasteiger partial charge on any atom is -0.494 e. The monoisotopic (exact) mass is 472 g/mol. The highest BCUT2D eigenvalue weighted by Crippen LogP contribution is 2.40. The number of ether oxygens (including phenoxy) is 2. The van der Waals surface area contributed by atoms with Crippen molar-refractivity contribution < 1.29 is 22.7 Å². The van der Waals surface area contributed by atoms with Gasteiger partial charge in [-0.1, -0.05) is 17.7 Å². The number of benzene rings is 2. The maximum absolute atomic E-state index is 13.7. The maximum atomic E-state index is 13.7. The zero-order valence-electron chi connectivity index (χ0n) is 19.8. The predicted molar refractivity (Wildman–Crippen MR) is 126 cm³/mol. The van der Waals surface area contributed by atoms with E-state index in [0.717, 1.165) is 22.4 Å². The van der Waals surface area contributed by atoms with Gasteiger partial charge >= 0.3 is 0 Å². The Hall–Kier alpha value is -2.42. The van der Waals surface area contributed by atoms with Gasteiger partial charge in [-0.15, -0.1) is 0 Å². The summed E-state index contributed by atoms with van der Waals surface area (Å²) in [6.45, 7) is 9.68. The van der Waals surface area contributed by atoms with Gasteiger partial charge in [-0.25, -0.2) is 8.42 Å². The van der Waals surface area contributed by atoms with Gasteiger partial charge in [-0.05, 0) is 63.1 Å². The molecule has 1 spiro atoms. The van der Waals surface area contributed by atoms with Gasteiger partial charge in [0.15, 0.2) is 0 Å². The highest BCUT2D eigenvalue weighted by molar-refractivity contribution is 7.89. The third kappa shape index (κ3) is 4.39. The summed E-state index contributed by atoms with van der Waals surface area (Å²) >= 11 is 0. The van der Waals surface area contributed by atoms with Gasteiger partial charge in [0.1, 0.15) is 11.5 Å². The molecule has 1 amide bonds. The standard InChI is InChI=1S/C25H32N2O5S/c1-5-31-22-8-6-21(7-9-22)24(28)26-12-10-25(11-13-26)27(14-15-32-25)33(29,30)23-19(3)16-18(2)17-20(23)4/h6-9,16-17H,5,10-15H2,1-4H3. The highest BCUT2D eigenvalue weighted by Gasteiger charge is 2.51. The van der Waals surface area contributed by atoms with Gasteiger partial charge in [-0.3, -0.25) is 4.79 Å². The number of carbonyl (C=O) groups excluding carboxylic acids is 1. The van der Waals surface area contributed by atoms with E-state index in [0.29, 0.717) is 56.1 Å². The summed E-state index contributed by atoms with van der Waals surface area (Å²) < 4.78 is 40.5. The molecule has 2 saturated heterocycles. The van der Waals surface area contributed by atoms with Crippen LogP contribution in [0.4, 0.5) is 0 Å². The Labute approximate surface area is 196 Å². The molecule has 0 unspecified atom stereocenters. The third-order valence-electron chi connectivity index (χ3n) is 6.52. The fourth-order valence-electron chi connectivity index (χ4n) is 5.11. The molecule has 178 valence electrons. The Kier molecular flexibility index (Phi) is 6.53. The van der Waals surface area contributed by atoms with Crippen LogP contribution in [-0.2, 0) is 14.8 Å². The van der Waals surface area contributed by atoms with Gasteiger partial charge in [0, 0.05) is 38.0 Å². The number of sulfonamides is 1. The number of rotatable bonds is 5. The summed E-state index contributed by atoms with van der Waals surface area (Å²) in [4.78, 5) is 15.1. The summed E-state index contributed by atoms with van der Waals surface area (Å²) in [5.74, 6) is 0.666. The Morgan fingerprint density at radius 2 is 1.64 bits per heavy atom. The molecule has 2 aromatic carbocycles. The van der Waals surface area contributed by atoms with Gasteiger partial charge in [-0.2, -0.15) is 4.31 Å². The van der Waals surface area contributed by atoms with E-state index in [4.69, 9.17) is 9.47 Å². The summed E-state index contributed by atoms with van der Waals surface area (Å²) in [6, 6.07) is 10.9. The molecule has 0 radical (unpaired) electrons.